The smallest absolute Gasteiger partial charge is 0.418 e. The van der Waals surface area contributed by atoms with E-state index in [0.29, 0.717) is 0 Å². The number of carboxylic acid groups (broad SMARTS) is 1. The molecule has 0 aromatic heterocycles. The van der Waals surface area contributed by atoms with Crippen molar-refractivity contribution in [3.8, 4) is 0 Å². The molecule has 0 radical (unpaired) electrons. The molecule has 1 N–H and O–H groups in total. The van der Waals surface area contributed by atoms with Crippen LogP contribution in [0.15, 0.2) is 0 Å². The molecule has 0 amide bonds. The molecule has 0 aromatic rings. The Morgan fingerprint density at radius 3 is 2.25 bits per heavy atom. The fourth-order valence-electron chi connectivity index (χ4n) is 0.111. The summed E-state index contributed by atoms with van der Waals surface area (Å²) in [6, 6.07) is -0.425. The van der Waals surface area contributed by atoms with Crippen LogP contribution in [-0.4, -0.2) is 23.1 Å². The highest BCUT2D eigenvalue weighted by Gasteiger charge is 2.10. The zero-order chi connectivity index (χ0) is 6.57. The van der Waals surface area contributed by atoms with Crippen molar-refractivity contribution in [3.05, 3.63) is 0 Å². The Balaban J connectivity index is 3.49. The van der Waals surface area contributed by atoms with Crippen molar-refractivity contribution < 1.29 is 19.4 Å². The minimum Gasteiger partial charge on any atom is -0.473 e. The summed E-state index contributed by atoms with van der Waals surface area (Å²) in [4.78, 5) is 19.4. The Bertz CT molecular complexity index is 110. The molecule has 0 aliphatic rings. The Morgan fingerprint density at radius 1 is 1.62 bits per heavy atom. The van der Waals surface area contributed by atoms with Crippen molar-refractivity contribution in [1.82, 2.24) is 0 Å². The third kappa shape index (κ3) is 2.41. The van der Waals surface area contributed by atoms with E-state index in [2.05, 4.69) is 4.74 Å². The normalized spacial score (nSPS) is 8.12. The zero-order valence-corrected chi connectivity index (χ0v) is 4.51. The predicted octanol–water partition coefficient (Wildman–Crippen LogP) is -0.190. The van der Waals surface area contributed by atoms with Gasteiger partial charge in [0.2, 0.25) is 0 Å². The number of carbonyl (C=O) groups is 2. The first-order valence-corrected chi connectivity index (χ1v) is 2.18. The number of aliphatic carboxylic acids is 1. The van der Waals surface area contributed by atoms with E-state index in [-0.39, 0.29) is 0 Å². The molecule has 0 aliphatic carbocycles. The summed E-state index contributed by atoms with van der Waals surface area (Å²) in [5, 5.41) is 7.78. The molecule has 5 heteroatoms. The Kier molecular flexibility index (Phi) is 2.95. The van der Waals surface area contributed by atoms with Gasteiger partial charge in [-0.25, -0.2) is 9.59 Å². The van der Waals surface area contributed by atoms with E-state index in [9.17, 15) is 9.59 Å². The monoisotopic (exact) mass is 138 g/mol. The molecule has 0 unspecified atom stereocenters. The van der Waals surface area contributed by atoms with E-state index in [1.165, 1.54) is 0 Å². The largest absolute Gasteiger partial charge is 0.473 e. The molecule has 0 heterocycles. The number of rotatable bonds is 1. The predicted molar refractivity (Wildman–Crippen MR) is 24.4 cm³/mol. The molecule has 0 aliphatic heterocycles. The highest BCUT2D eigenvalue weighted by Crippen LogP contribution is 1.80. The van der Waals surface area contributed by atoms with E-state index in [1.54, 1.807) is 0 Å². The van der Waals surface area contributed by atoms with Gasteiger partial charge in [-0.05, 0) is 0 Å². The Labute approximate surface area is 50.0 Å². The fourth-order valence-corrected chi connectivity index (χ4v) is 0.210. The number of carboxylic acids is 1. The maximum Gasteiger partial charge on any atom is 0.418 e. The molecule has 0 saturated carbocycles. The summed E-state index contributed by atoms with van der Waals surface area (Å²) in [5.74, 6) is -2.97. The lowest BCUT2D eigenvalue weighted by atomic mass is 10.7. The second-order valence-electron chi connectivity index (χ2n) is 0.846. The van der Waals surface area contributed by atoms with Gasteiger partial charge in [-0.3, -0.25) is 0 Å². The molecule has 4 nitrogen and oxygen atoms in total. The summed E-state index contributed by atoms with van der Waals surface area (Å²) >= 11 is 4.83. The van der Waals surface area contributed by atoms with E-state index >= 15 is 0 Å². The van der Waals surface area contributed by atoms with E-state index in [4.69, 9.17) is 16.7 Å². The van der Waals surface area contributed by atoms with Crippen LogP contribution in [0.1, 0.15) is 0 Å². The maximum atomic E-state index is 9.84. The molecular formula is C3H3ClO4. The van der Waals surface area contributed by atoms with Crippen LogP contribution in [0.25, 0.3) is 0 Å². The summed E-state index contributed by atoms with van der Waals surface area (Å²) in [6.45, 7) is 0. The third-order valence-corrected chi connectivity index (χ3v) is 0.469. The van der Waals surface area contributed by atoms with Crippen LogP contribution in [0.3, 0.4) is 0 Å². The molecular weight excluding hydrogens is 135 g/mol. The van der Waals surface area contributed by atoms with Gasteiger partial charge in [0.25, 0.3) is 0 Å². The van der Waals surface area contributed by atoms with E-state index in [0.717, 1.165) is 0 Å². The van der Waals surface area contributed by atoms with Crippen LogP contribution in [-0.2, 0) is 14.3 Å². The number of hydrogen-bond acceptors (Lipinski definition) is 3. The first-order valence-electron chi connectivity index (χ1n) is 1.64. The van der Waals surface area contributed by atoms with Crippen molar-refractivity contribution in [2.45, 2.75) is 0 Å². The van der Waals surface area contributed by atoms with Gasteiger partial charge in [-0.15, -0.1) is 0 Å². The van der Waals surface area contributed by atoms with Gasteiger partial charge in [0.05, 0.1) is 0 Å². The maximum absolute atomic E-state index is 9.84. The average molecular weight is 139 g/mol. The minimum atomic E-state index is -1.63. The van der Waals surface area contributed by atoms with Crippen LogP contribution in [0.2, 0.25) is 0 Å². The highest BCUT2D eigenvalue weighted by atomic mass is 35.5. The molecule has 0 fully saturated rings. The lowest BCUT2D eigenvalue weighted by molar-refractivity contribution is -0.162. The van der Waals surface area contributed by atoms with Crippen LogP contribution in [0.4, 0.5) is 0 Å². The lowest BCUT2D eigenvalue weighted by Crippen LogP contribution is -2.15. The van der Waals surface area contributed by atoms with Gasteiger partial charge in [-0.2, -0.15) is 0 Å². The average Bonchev–Trinajstić information content (AvgIpc) is 1.67. The van der Waals surface area contributed by atoms with Gasteiger partial charge in [0.1, 0.15) is 0 Å². The Morgan fingerprint density at radius 2 is 2.12 bits per heavy atom. The van der Waals surface area contributed by atoms with Crippen molar-refractivity contribution >= 4 is 23.5 Å². The van der Waals surface area contributed by atoms with Crippen molar-refractivity contribution in [3.63, 3.8) is 0 Å². The third-order valence-electron chi connectivity index (χ3n) is 0.360. The SMILES string of the molecule is O=C(O)C(=O)OCCl. The first-order chi connectivity index (χ1) is 3.68. The topological polar surface area (TPSA) is 63.6 Å². The molecule has 0 spiro atoms. The van der Waals surface area contributed by atoms with Gasteiger partial charge >= 0.3 is 11.9 Å². The molecule has 8 heavy (non-hydrogen) atoms. The lowest BCUT2D eigenvalue weighted by Gasteiger charge is -1.90. The first kappa shape index (κ1) is 7.23. The molecule has 0 aromatic carbocycles. The molecule has 0 atom stereocenters. The van der Waals surface area contributed by atoms with Crippen LogP contribution in [0, 0.1) is 0 Å². The van der Waals surface area contributed by atoms with Crippen LogP contribution < -0.4 is 0 Å². The number of hydrogen-bond donors (Lipinski definition) is 1. The van der Waals surface area contributed by atoms with E-state index < -0.39 is 18.0 Å². The van der Waals surface area contributed by atoms with Crippen LogP contribution >= 0.6 is 11.6 Å². The number of carbonyl (C=O) groups excluding carboxylic acids is 1. The number of alkyl halides is 1. The van der Waals surface area contributed by atoms with Crippen molar-refractivity contribution in [2.24, 2.45) is 0 Å². The van der Waals surface area contributed by atoms with Crippen molar-refractivity contribution in [1.29, 1.82) is 0 Å². The fraction of sp³-hybridized carbons (Fsp3) is 0.333. The number of esters is 1. The van der Waals surface area contributed by atoms with Gasteiger partial charge < -0.3 is 9.84 Å². The van der Waals surface area contributed by atoms with Gasteiger partial charge in [-0.1, -0.05) is 11.6 Å². The molecule has 0 rings (SSSR count). The Hall–Kier alpha value is -0.770. The standard InChI is InChI=1S/C3H3ClO4/c4-1-8-3(7)2(5)6/h1H2,(H,5,6). The second kappa shape index (κ2) is 3.26. The molecule has 46 valence electrons. The minimum absolute atomic E-state index is 0.425. The molecule has 0 saturated heterocycles. The van der Waals surface area contributed by atoms with Crippen LogP contribution in [0.5, 0.6) is 0 Å². The molecule has 0 bridgehead atoms. The summed E-state index contributed by atoms with van der Waals surface area (Å²) in [5.41, 5.74) is 0. The van der Waals surface area contributed by atoms with E-state index in [1.807, 2.05) is 0 Å². The highest BCUT2D eigenvalue weighted by molar-refractivity contribution is 6.29. The number of ether oxygens (including phenoxy) is 1. The summed E-state index contributed by atoms with van der Waals surface area (Å²) < 4.78 is 3.83. The second-order valence-corrected chi connectivity index (χ2v) is 1.06. The number of halogens is 1. The van der Waals surface area contributed by atoms with Crippen molar-refractivity contribution in [2.75, 3.05) is 6.07 Å². The summed E-state index contributed by atoms with van der Waals surface area (Å²) in [7, 11) is 0. The van der Waals surface area contributed by atoms with Gasteiger partial charge in [0.15, 0.2) is 6.07 Å². The summed E-state index contributed by atoms with van der Waals surface area (Å²) in [6.07, 6.45) is 0. The van der Waals surface area contributed by atoms with Gasteiger partial charge in [0, 0.05) is 0 Å². The zero-order valence-electron chi connectivity index (χ0n) is 3.76. The quantitative estimate of drug-likeness (QED) is 0.310.